The lowest BCUT2D eigenvalue weighted by molar-refractivity contribution is 0.315. The van der Waals surface area contributed by atoms with Crippen molar-refractivity contribution in [3.63, 3.8) is 0 Å². The Morgan fingerprint density at radius 3 is 2.75 bits per heavy atom. The van der Waals surface area contributed by atoms with Gasteiger partial charge in [0.1, 0.15) is 16.8 Å². The van der Waals surface area contributed by atoms with E-state index in [1.165, 1.54) is 6.42 Å². The predicted octanol–water partition coefficient (Wildman–Crippen LogP) is 1.58. The molecule has 1 saturated heterocycles. The van der Waals surface area contributed by atoms with Crippen molar-refractivity contribution < 1.29 is 0 Å². The summed E-state index contributed by atoms with van der Waals surface area (Å²) in [7, 11) is 4.23. The number of hydrogen-bond acceptors (Lipinski definition) is 4. The third kappa shape index (κ3) is 2.44. The van der Waals surface area contributed by atoms with Crippen LogP contribution in [0.1, 0.15) is 12.2 Å². The van der Waals surface area contributed by atoms with Gasteiger partial charge in [-0.1, -0.05) is 11.6 Å². The highest BCUT2D eigenvalue weighted by molar-refractivity contribution is 6.29. The molecule has 1 aliphatic heterocycles. The molecule has 1 unspecified atom stereocenters. The van der Waals surface area contributed by atoms with Gasteiger partial charge in [-0.2, -0.15) is 0 Å². The van der Waals surface area contributed by atoms with E-state index in [1.807, 2.05) is 13.0 Å². The summed E-state index contributed by atoms with van der Waals surface area (Å²) in [6.45, 7) is 3.92. The standard InChI is InChI=1S/C11H17ClN4/c1-8-13-10(12)6-11(14-8)16-5-4-9(7-16)15(2)3/h6,9H,4-5,7H2,1-3H3. The van der Waals surface area contributed by atoms with E-state index in [-0.39, 0.29) is 0 Å². The third-order valence-corrected chi connectivity index (χ3v) is 3.20. The van der Waals surface area contributed by atoms with E-state index < -0.39 is 0 Å². The molecule has 4 nitrogen and oxygen atoms in total. The van der Waals surface area contributed by atoms with Crippen LogP contribution in [0.2, 0.25) is 5.15 Å². The molecule has 88 valence electrons. The average molecular weight is 241 g/mol. The minimum atomic E-state index is 0.524. The first-order chi connectivity index (χ1) is 7.56. The smallest absolute Gasteiger partial charge is 0.134 e. The van der Waals surface area contributed by atoms with Gasteiger partial charge in [-0.15, -0.1) is 0 Å². The fraction of sp³-hybridized carbons (Fsp3) is 0.636. The van der Waals surface area contributed by atoms with Gasteiger partial charge in [0, 0.05) is 25.2 Å². The van der Waals surface area contributed by atoms with Crippen molar-refractivity contribution in [3.8, 4) is 0 Å². The van der Waals surface area contributed by atoms with Crippen LogP contribution in [-0.2, 0) is 0 Å². The van der Waals surface area contributed by atoms with Gasteiger partial charge in [0.05, 0.1) is 0 Å². The Labute approximate surface area is 101 Å². The lowest BCUT2D eigenvalue weighted by atomic mass is 10.2. The quantitative estimate of drug-likeness (QED) is 0.735. The SMILES string of the molecule is Cc1nc(Cl)cc(N2CCC(N(C)C)C2)n1. The number of halogens is 1. The number of hydrogen-bond donors (Lipinski definition) is 0. The monoisotopic (exact) mass is 240 g/mol. The van der Waals surface area contributed by atoms with Crippen LogP contribution in [0.5, 0.6) is 0 Å². The molecule has 1 atom stereocenters. The zero-order chi connectivity index (χ0) is 11.7. The zero-order valence-electron chi connectivity index (χ0n) is 9.94. The maximum atomic E-state index is 5.94. The molecule has 1 fully saturated rings. The third-order valence-electron chi connectivity index (χ3n) is 3.01. The second-order valence-electron chi connectivity index (χ2n) is 4.45. The van der Waals surface area contributed by atoms with Crippen molar-refractivity contribution in [2.24, 2.45) is 0 Å². The van der Waals surface area contributed by atoms with Gasteiger partial charge in [0.2, 0.25) is 0 Å². The lowest BCUT2D eigenvalue weighted by Crippen LogP contribution is -2.31. The van der Waals surface area contributed by atoms with Gasteiger partial charge in [0.15, 0.2) is 0 Å². The number of rotatable bonds is 2. The summed E-state index contributed by atoms with van der Waals surface area (Å²) >= 11 is 5.94. The summed E-state index contributed by atoms with van der Waals surface area (Å²) in [4.78, 5) is 13.0. The topological polar surface area (TPSA) is 32.3 Å². The molecular weight excluding hydrogens is 224 g/mol. The summed E-state index contributed by atoms with van der Waals surface area (Å²) in [5.41, 5.74) is 0. The van der Waals surface area contributed by atoms with Crippen LogP contribution in [-0.4, -0.2) is 48.1 Å². The molecule has 0 bridgehead atoms. The van der Waals surface area contributed by atoms with E-state index in [0.717, 1.165) is 24.7 Å². The Bertz CT molecular complexity index is 360. The van der Waals surface area contributed by atoms with Crippen LogP contribution in [0.15, 0.2) is 6.07 Å². The Balaban J connectivity index is 2.14. The predicted molar refractivity (Wildman–Crippen MR) is 66.1 cm³/mol. The highest BCUT2D eigenvalue weighted by Crippen LogP contribution is 2.22. The number of nitrogens with zero attached hydrogens (tertiary/aromatic N) is 4. The normalized spacial score (nSPS) is 20.8. The molecule has 0 saturated carbocycles. The Hall–Kier alpha value is -0.870. The van der Waals surface area contributed by atoms with E-state index in [0.29, 0.717) is 11.2 Å². The van der Waals surface area contributed by atoms with E-state index >= 15 is 0 Å². The van der Waals surface area contributed by atoms with Gasteiger partial charge < -0.3 is 9.80 Å². The highest BCUT2D eigenvalue weighted by atomic mass is 35.5. The largest absolute Gasteiger partial charge is 0.355 e. The molecule has 0 aromatic carbocycles. The van der Waals surface area contributed by atoms with Gasteiger partial charge in [-0.25, -0.2) is 9.97 Å². The van der Waals surface area contributed by atoms with Crippen molar-refractivity contribution in [2.75, 3.05) is 32.1 Å². The molecule has 5 heteroatoms. The van der Waals surface area contributed by atoms with E-state index in [9.17, 15) is 0 Å². The maximum absolute atomic E-state index is 5.94. The molecule has 0 radical (unpaired) electrons. The van der Waals surface area contributed by atoms with E-state index in [4.69, 9.17) is 11.6 Å². The molecule has 1 aromatic heterocycles. The fourth-order valence-corrected chi connectivity index (χ4v) is 2.27. The zero-order valence-corrected chi connectivity index (χ0v) is 10.7. The maximum Gasteiger partial charge on any atom is 0.134 e. The van der Waals surface area contributed by atoms with Crippen LogP contribution in [0.4, 0.5) is 5.82 Å². The molecule has 1 aromatic rings. The summed E-state index contributed by atoms with van der Waals surface area (Å²) in [6.07, 6.45) is 1.17. The molecule has 0 N–H and O–H groups in total. The second kappa shape index (κ2) is 4.55. The van der Waals surface area contributed by atoms with Gasteiger partial charge >= 0.3 is 0 Å². The summed E-state index contributed by atoms with van der Waals surface area (Å²) < 4.78 is 0. The van der Waals surface area contributed by atoms with Crippen LogP contribution >= 0.6 is 11.6 Å². The van der Waals surface area contributed by atoms with Crippen LogP contribution in [0.25, 0.3) is 0 Å². The molecule has 1 aliphatic rings. The van der Waals surface area contributed by atoms with Gasteiger partial charge in [-0.05, 0) is 27.4 Å². The Morgan fingerprint density at radius 1 is 1.44 bits per heavy atom. The highest BCUT2D eigenvalue weighted by Gasteiger charge is 2.25. The number of aryl methyl sites for hydroxylation is 1. The molecule has 16 heavy (non-hydrogen) atoms. The minimum Gasteiger partial charge on any atom is -0.355 e. The number of anilines is 1. The van der Waals surface area contributed by atoms with Gasteiger partial charge in [0.25, 0.3) is 0 Å². The second-order valence-corrected chi connectivity index (χ2v) is 4.84. The van der Waals surface area contributed by atoms with Crippen molar-refractivity contribution in [1.82, 2.24) is 14.9 Å². The molecule has 0 spiro atoms. The van der Waals surface area contributed by atoms with Crippen molar-refractivity contribution >= 4 is 17.4 Å². The number of likely N-dealkylation sites (N-methyl/N-ethyl adjacent to an activating group) is 1. The van der Waals surface area contributed by atoms with Gasteiger partial charge in [-0.3, -0.25) is 0 Å². The van der Waals surface area contributed by atoms with Crippen LogP contribution in [0.3, 0.4) is 0 Å². The lowest BCUT2D eigenvalue weighted by Gasteiger charge is -2.21. The minimum absolute atomic E-state index is 0.524. The molecular formula is C11H17ClN4. The first-order valence-corrected chi connectivity index (χ1v) is 5.86. The van der Waals surface area contributed by atoms with Crippen molar-refractivity contribution in [1.29, 1.82) is 0 Å². The van der Waals surface area contributed by atoms with Crippen LogP contribution in [0, 0.1) is 6.92 Å². The average Bonchev–Trinajstić information content (AvgIpc) is 2.64. The Morgan fingerprint density at radius 2 is 2.19 bits per heavy atom. The Kier molecular flexibility index (Phi) is 3.30. The first-order valence-electron chi connectivity index (χ1n) is 5.49. The van der Waals surface area contributed by atoms with Crippen molar-refractivity contribution in [3.05, 3.63) is 17.0 Å². The summed E-state index contributed by atoms with van der Waals surface area (Å²) in [5, 5.41) is 0.524. The molecule has 2 heterocycles. The summed E-state index contributed by atoms with van der Waals surface area (Å²) in [5.74, 6) is 1.68. The molecule has 0 amide bonds. The molecule has 2 rings (SSSR count). The fourth-order valence-electron chi connectivity index (χ4n) is 2.05. The first kappa shape index (κ1) is 11.6. The van der Waals surface area contributed by atoms with E-state index in [1.54, 1.807) is 0 Å². The number of aromatic nitrogens is 2. The van der Waals surface area contributed by atoms with E-state index in [2.05, 4.69) is 33.9 Å². The van der Waals surface area contributed by atoms with Crippen molar-refractivity contribution in [2.45, 2.75) is 19.4 Å². The summed E-state index contributed by atoms with van der Waals surface area (Å²) in [6, 6.07) is 2.45. The van der Waals surface area contributed by atoms with Crippen LogP contribution < -0.4 is 4.90 Å². The molecule has 0 aliphatic carbocycles.